The number of para-hydroxylation sites is 1. The Hall–Kier alpha value is -2.07. The molecule has 2 aromatic carbocycles. The molecule has 1 radical (unpaired) electrons. The monoisotopic (exact) mass is 351 g/mol. The van der Waals surface area contributed by atoms with Gasteiger partial charge in [0, 0.05) is 11.1 Å². The zero-order valence-corrected chi connectivity index (χ0v) is 16.8. The lowest BCUT2D eigenvalue weighted by Crippen LogP contribution is -2.25. The van der Waals surface area contributed by atoms with E-state index in [2.05, 4.69) is 64.2 Å². The van der Waals surface area contributed by atoms with Crippen LogP contribution in [0, 0.1) is 0 Å². The van der Waals surface area contributed by atoms with E-state index in [0.717, 1.165) is 23.3 Å². The van der Waals surface area contributed by atoms with Crippen molar-refractivity contribution < 1.29 is 4.43 Å². The predicted molar refractivity (Wildman–Crippen MR) is 107 cm³/mol. The van der Waals surface area contributed by atoms with E-state index in [1.807, 2.05) is 12.1 Å². The van der Waals surface area contributed by atoms with Crippen molar-refractivity contribution >= 4 is 14.9 Å². The summed E-state index contributed by atoms with van der Waals surface area (Å²) in [6, 6.07) is 14.7. The fourth-order valence-electron chi connectivity index (χ4n) is 3.34. The fourth-order valence-corrected chi connectivity index (χ4v) is 3.98. The number of aliphatic imine (C=N–C) groups is 1. The summed E-state index contributed by atoms with van der Waals surface area (Å²) in [4.78, 5) is 4.81. The number of amidine groups is 1. The van der Waals surface area contributed by atoms with Crippen LogP contribution >= 0.6 is 0 Å². The Labute approximate surface area is 152 Å². The van der Waals surface area contributed by atoms with E-state index in [9.17, 15) is 0 Å². The largest absolute Gasteiger partial charge is 0.542 e. The molecule has 1 aliphatic rings. The first-order chi connectivity index (χ1) is 11.8. The van der Waals surface area contributed by atoms with Gasteiger partial charge in [-0.15, -0.1) is 0 Å². The van der Waals surface area contributed by atoms with E-state index in [-0.39, 0.29) is 11.5 Å². The summed E-state index contributed by atoms with van der Waals surface area (Å²) >= 11 is 0. The fraction of sp³-hybridized carbons (Fsp3) is 0.381. The lowest BCUT2D eigenvalue weighted by molar-refractivity contribution is 0.506. The van der Waals surface area contributed by atoms with Gasteiger partial charge >= 0.3 is 0 Å². The predicted octanol–water partition coefficient (Wildman–Crippen LogP) is 4.62. The van der Waals surface area contributed by atoms with Crippen LogP contribution in [0.2, 0.25) is 13.1 Å². The molecule has 0 spiro atoms. The Morgan fingerprint density at radius 2 is 1.80 bits per heavy atom. The summed E-state index contributed by atoms with van der Waals surface area (Å²) < 4.78 is 6.37. The van der Waals surface area contributed by atoms with Crippen molar-refractivity contribution in [3.63, 3.8) is 0 Å². The molecule has 2 aromatic rings. The molecule has 3 rings (SSSR count). The van der Waals surface area contributed by atoms with Gasteiger partial charge in [0.15, 0.2) is 0 Å². The molecule has 25 heavy (non-hydrogen) atoms. The van der Waals surface area contributed by atoms with Crippen LogP contribution in [0.1, 0.15) is 49.1 Å². The molecule has 0 aromatic heterocycles. The maximum absolute atomic E-state index is 6.37. The van der Waals surface area contributed by atoms with E-state index in [1.54, 1.807) is 0 Å². The first-order valence-electron chi connectivity index (χ1n) is 8.80. The van der Waals surface area contributed by atoms with E-state index >= 15 is 0 Å². The van der Waals surface area contributed by atoms with Crippen molar-refractivity contribution in [2.75, 3.05) is 0 Å². The zero-order chi connectivity index (χ0) is 18.2. The lowest BCUT2D eigenvalue weighted by Gasteiger charge is -2.29. The molecule has 4 heteroatoms. The molecular formula is C21H27N2OSi. The number of nitrogens with two attached hydrogens (primary N) is 1. The molecule has 1 aliphatic heterocycles. The molecule has 131 valence electrons. The van der Waals surface area contributed by atoms with Gasteiger partial charge < -0.3 is 10.2 Å². The minimum Gasteiger partial charge on any atom is -0.542 e. The topological polar surface area (TPSA) is 47.6 Å². The third-order valence-corrected chi connectivity index (χ3v) is 5.13. The van der Waals surface area contributed by atoms with Crippen LogP contribution in [0.3, 0.4) is 0 Å². The summed E-state index contributed by atoms with van der Waals surface area (Å²) in [6.07, 6.45) is 0.857. The van der Waals surface area contributed by atoms with Crippen LogP contribution in [0.4, 0.5) is 0 Å². The molecule has 3 nitrogen and oxygen atoms in total. The van der Waals surface area contributed by atoms with Crippen molar-refractivity contribution in [2.45, 2.75) is 51.7 Å². The van der Waals surface area contributed by atoms with Gasteiger partial charge in [-0.1, -0.05) is 63.2 Å². The standard InChI is InChI=1S/C21H27N2OSi/c1-21(2,3)17-12-8-11-16(19(17)24-25(4)5)18-13-14-9-6-7-10-15(14)20(22)23-18/h6-12,18H,13H2,1-5H3,(H2,22,23). The molecule has 1 heterocycles. The highest BCUT2D eigenvalue weighted by Gasteiger charge is 2.28. The number of nitrogens with zero attached hydrogens (tertiary/aromatic N) is 1. The van der Waals surface area contributed by atoms with Crippen LogP contribution in [-0.4, -0.2) is 14.9 Å². The molecule has 1 unspecified atom stereocenters. The number of rotatable bonds is 3. The van der Waals surface area contributed by atoms with Gasteiger partial charge in [-0.25, -0.2) is 0 Å². The Bertz CT molecular complexity index is 806. The van der Waals surface area contributed by atoms with Gasteiger partial charge in [-0.05, 0) is 36.1 Å². The average Bonchev–Trinajstić information content (AvgIpc) is 2.53. The lowest BCUT2D eigenvalue weighted by atomic mass is 9.83. The highest BCUT2D eigenvalue weighted by Crippen LogP contribution is 2.40. The van der Waals surface area contributed by atoms with Crippen molar-refractivity contribution in [1.82, 2.24) is 0 Å². The SMILES string of the molecule is C[Si](C)Oc1c(C2Cc3ccccc3C(N)=N2)cccc1C(C)(C)C. The van der Waals surface area contributed by atoms with E-state index in [1.165, 1.54) is 11.1 Å². The Morgan fingerprint density at radius 1 is 1.08 bits per heavy atom. The highest BCUT2D eigenvalue weighted by molar-refractivity contribution is 6.49. The molecule has 1 atom stereocenters. The maximum Gasteiger partial charge on any atom is 0.274 e. The molecule has 0 saturated heterocycles. The van der Waals surface area contributed by atoms with Crippen LogP contribution in [0.5, 0.6) is 5.75 Å². The van der Waals surface area contributed by atoms with Crippen molar-refractivity contribution in [1.29, 1.82) is 0 Å². The van der Waals surface area contributed by atoms with Gasteiger partial charge in [0.05, 0.1) is 6.04 Å². The second-order valence-corrected chi connectivity index (χ2v) is 9.90. The third-order valence-electron chi connectivity index (χ3n) is 4.52. The molecule has 0 bridgehead atoms. The quantitative estimate of drug-likeness (QED) is 0.821. The normalized spacial score (nSPS) is 17.2. The smallest absolute Gasteiger partial charge is 0.274 e. The third kappa shape index (κ3) is 3.64. The highest BCUT2D eigenvalue weighted by atomic mass is 28.3. The number of hydrogen-bond donors (Lipinski definition) is 1. The van der Waals surface area contributed by atoms with Gasteiger partial charge in [-0.3, -0.25) is 4.99 Å². The van der Waals surface area contributed by atoms with E-state index < -0.39 is 9.04 Å². The summed E-state index contributed by atoms with van der Waals surface area (Å²) in [5.41, 5.74) is 11.0. The maximum atomic E-state index is 6.37. The van der Waals surface area contributed by atoms with Crippen LogP contribution in [-0.2, 0) is 11.8 Å². The molecule has 0 amide bonds. The second-order valence-electron chi connectivity index (χ2n) is 7.88. The summed E-state index contributed by atoms with van der Waals surface area (Å²) in [7, 11) is -0.881. The minimum absolute atomic E-state index is 0.00792. The van der Waals surface area contributed by atoms with E-state index in [0.29, 0.717) is 5.84 Å². The summed E-state index contributed by atoms with van der Waals surface area (Å²) in [5.74, 6) is 1.63. The second kappa shape index (κ2) is 6.68. The summed E-state index contributed by atoms with van der Waals surface area (Å²) in [6.45, 7) is 11.0. The zero-order valence-electron chi connectivity index (χ0n) is 15.8. The first-order valence-corrected chi connectivity index (χ1v) is 11.2. The van der Waals surface area contributed by atoms with Crippen molar-refractivity contribution in [3.8, 4) is 5.75 Å². The number of benzene rings is 2. The van der Waals surface area contributed by atoms with Crippen molar-refractivity contribution in [3.05, 3.63) is 64.7 Å². The minimum atomic E-state index is -0.881. The number of fused-ring (bicyclic) bond motifs is 1. The van der Waals surface area contributed by atoms with Crippen LogP contribution in [0.15, 0.2) is 47.5 Å². The van der Waals surface area contributed by atoms with Gasteiger partial charge in [0.1, 0.15) is 11.6 Å². The molecule has 2 N–H and O–H groups in total. The summed E-state index contributed by atoms with van der Waals surface area (Å²) in [5, 5.41) is 0. The molecule has 0 aliphatic carbocycles. The van der Waals surface area contributed by atoms with Gasteiger partial charge in [0.2, 0.25) is 0 Å². The Balaban J connectivity index is 2.10. The first kappa shape index (κ1) is 17.7. The van der Waals surface area contributed by atoms with Crippen molar-refractivity contribution in [2.24, 2.45) is 10.7 Å². The molecule has 0 saturated carbocycles. The van der Waals surface area contributed by atoms with Crippen LogP contribution < -0.4 is 10.2 Å². The van der Waals surface area contributed by atoms with E-state index in [4.69, 9.17) is 15.2 Å². The molecular weight excluding hydrogens is 324 g/mol. The van der Waals surface area contributed by atoms with Gasteiger partial charge in [0.25, 0.3) is 9.04 Å². The number of hydrogen-bond acceptors (Lipinski definition) is 3. The Morgan fingerprint density at radius 3 is 2.48 bits per heavy atom. The average molecular weight is 352 g/mol. The van der Waals surface area contributed by atoms with Gasteiger partial charge in [-0.2, -0.15) is 0 Å². The molecule has 0 fully saturated rings. The van der Waals surface area contributed by atoms with Crippen LogP contribution in [0.25, 0.3) is 0 Å². The Kier molecular flexibility index (Phi) is 4.74.